The molecule has 0 aliphatic carbocycles. The number of nitriles is 1. The molecule has 0 unspecified atom stereocenters. The summed E-state index contributed by atoms with van der Waals surface area (Å²) >= 11 is 0. The van der Waals surface area contributed by atoms with Gasteiger partial charge in [-0.15, -0.1) is 0 Å². The molecule has 0 amide bonds. The first-order chi connectivity index (χ1) is 14.5. The molecule has 1 heterocycles. The number of anilines is 2. The van der Waals surface area contributed by atoms with Crippen molar-refractivity contribution in [3.8, 4) is 17.4 Å². The molecule has 4 rings (SSSR count). The van der Waals surface area contributed by atoms with Gasteiger partial charge in [0.05, 0.1) is 0 Å². The fourth-order valence-electron chi connectivity index (χ4n) is 3.24. The van der Waals surface area contributed by atoms with Crippen LogP contribution in [0.1, 0.15) is 5.56 Å². The summed E-state index contributed by atoms with van der Waals surface area (Å²) in [5.74, 6) is -0.530. The Morgan fingerprint density at radius 1 is 1.00 bits per heavy atom. The number of nitrogens with zero attached hydrogens (tertiary/aromatic N) is 2. The van der Waals surface area contributed by atoms with Gasteiger partial charge in [0.1, 0.15) is 23.0 Å². The van der Waals surface area contributed by atoms with Crippen molar-refractivity contribution in [3.05, 3.63) is 90.0 Å². The van der Waals surface area contributed by atoms with E-state index in [-0.39, 0.29) is 5.57 Å². The lowest BCUT2D eigenvalue weighted by Crippen LogP contribution is -2.08. The lowest BCUT2D eigenvalue weighted by molar-refractivity contribution is -0.132. The Morgan fingerprint density at radius 3 is 2.37 bits per heavy atom. The van der Waals surface area contributed by atoms with E-state index in [2.05, 4.69) is 17.0 Å². The van der Waals surface area contributed by atoms with Gasteiger partial charge in [0.15, 0.2) is 0 Å². The Kier molecular flexibility index (Phi) is 5.06. The van der Waals surface area contributed by atoms with Gasteiger partial charge in [0.2, 0.25) is 0 Å². The molecular weight excluding hydrogens is 376 g/mol. The summed E-state index contributed by atoms with van der Waals surface area (Å²) in [7, 11) is 2.02. The fraction of sp³-hybridized carbons (Fsp3) is 0.0400. The van der Waals surface area contributed by atoms with Crippen molar-refractivity contribution in [3.63, 3.8) is 0 Å². The molecule has 146 valence electrons. The average Bonchev–Trinajstić information content (AvgIpc) is 3.21. The summed E-state index contributed by atoms with van der Waals surface area (Å²) in [5.41, 5.74) is 4.02. The van der Waals surface area contributed by atoms with E-state index in [0.717, 1.165) is 28.1 Å². The highest BCUT2D eigenvalue weighted by molar-refractivity contribution is 5.97. The smallest absolute Gasteiger partial charge is 0.346 e. The Bertz CT molecular complexity index is 1280. The third-order valence-electron chi connectivity index (χ3n) is 4.89. The second-order valence-electron chi connectivity index (χ2n) is 6.82. The highest BCUT2D eigenvalue weighted by Crippen LogP contribution is 2.31. The third kappa shape index (κ3) is 3.80. The van der Waals surface area contributed by atoms with Crippen molar-refractivity contribution in [2.24, 2.45) is 0 Å². The maximum Gasteiger partial charge on any atom is 0.346 e. The normalized spacial score (nSPS) is 11.3. The Hall–Kier alpha value is -4.30. The number of para-hydroxylation sites is 1. The highest BCUT2D eigenvalue weighted by Gasteiger charge is 2.10. The molecule has 0 bridgehead atoms. The first kappa shape index (κ1) is 19.0. The van der Waals surface area contributed by atoms with E-state index >= 15 is 0 Å². The minimum Gasteiger partial charge on any atom is -0.477 e. The molecule has 3 aromatic carbocycles. The molecule has 0 fully saturated rings. The topological polar surface area (TPSA) is 77.5 Å². The Morgan fingerprint density at radius 2 is 1.70 bits per heavy atom. The van der Waals surface area contributed by atoms with E-state index in [1.54, 1.807) is 18.2 Å². The van der Waals surface area contributed by atoms with Crippen LogP contribution in [0.5, 0.6) is 0 Å². The number of carboxylic acids is 1. The molecule has 0 atom stereocenters. The molecule has 0 aliphatic rings. The molecule has 5 nitrogen and oxygen atoms in total. The van der Waals surface area contributed by atoms with Gasteiger partial charge in [-0.3, -0.25) is 0 Å². The molecule has 0 radical (unpaired) electrons. The van der Waals surface area contributed by atoms with E-state index in [9.17, 15) is 4.79 Å². The Labute approximate surface area is 173 Å². The lowest BCUT2D eigenvalue weighted by atomic mass is 10.1. The van der Waals surface area contributed by atoms with Crippen molar-refractivity contribution in [1.82, 2.24) is 0 Å². The van der Waals surface area contributed by atoms with Crippen LogP contribution in [0.3, 0.4) is 0 Å². The van der Waals surface area contributed by atoms with Crippen LogP contribution in [-0.4, -0.2) is 18.1 Å². The number of hydrogen-bond acceptors (Lipinski definition) is 4. The van der Waals surface area contributed by atoms with Gasteiger partial charge in [-0.25, -0.2) is 4.79 Å². The molecule has 30 heavy (non-hydrogen) atoms. The van der Waals surface area contributed by atoms with Crippen LogP contribution in [0.15, 0.2) is 88.9 Å². The first-order valence-electron chi connectivity index (χ1n) is 9.33. The number of fused-ring (bicyclic) bond motifs is 1. The summed E-state index contributed by atoms with van der Waals surface area (Å²) in [6.07, 6.45) is 1.33. The van der Waals surface area contributed by atoms with Gasteiger partial charge in [0, 0.05) is 29.4 Å². The van der Waals surface area contributed by atoms with Gasteiger partial charge < -0.3 is 14.4 Å². The average molecular weight is 394 g/mol. The van der Waals surface area contributed by atoms with Crippen LogP contribution >= 0.6 is 0 Å². The van der Waals surface area contributed by atoms with Gasteiger partial charge in [0.25, 0.3) is 0 Å². The van der Waals surface area contributed by atoms with Crippen LogP contribution < -0.4 is 4.90 Å². The highest BCUT2D eigenvalue weighted by atomic mass is 16.4. The first-order valence-corrected chi connectivity index (χ1v) is 9.33. The fourth-order valence-corrected chi connectivity index (χ4v) is 3.24. The predicted molar refractivity (Wildman–Crippen MR) is 117 cm³/mol. The minimum absolute atomic E-state index is 0.320. The van der Waals surface area contributed by atoms with Crippen molar-refractivity contribution in [2.75, 3.05) is 11.9 Å². The van der Waals surface area contributed by atoms with Crippen molar-refractivity contribution < 1.29 is 14.3 Å². The van der Waals surface area contributed by atoms with Crippen LogP contribution in [0.2, 0.25) is 0 Å². The van der Waals surface area contributed by atoms with E-state index in [4.69, 9.17) is 14.8 Å². The SMILES string of the molecule is CN(c1ccccc1)c1ccc(-c2cc3ccc(/C=C(/C#N)C(=O)O)cc3o2)cc1. The van der Waals surface area contributed by atoms with Gasteiger partial charge in [-0.05, 0) is 60.2 Å². The van der Waals surface area contributed by atoms with Gasteiger partial charge in [-0.2, -0.15) is 5.26 Å². The molecule has 4 aromatic rings. The summed E-state index contributed by atoms with van der Waals surface area (Å²) in [5, 5.41) is 18.9. The summed E-state index contributed by atoms with van der Waals surface area (Å²) in [6, 6.07) is 27.2. The summed E-state index contributed by atoms with van der Waals surface area (Å²) < 4.78 is 5.98. The predicted octanol–water partition coefficient (Wildman–Crippen LogP) is 5.86. The zero-order chi connectivity index (χ0) is 21.1. The van der Waals surface area contributed by atoms with E-state index < -0.39 is 5.97 Å². The van der Waals surface area contributed by atoms with Crippen LogP contribution in [-0.2, 0) is 4.79 Å². The van der Waals surface area contributed by atoms with Crippen LogP contribution in [0.4, 0.5) is 11.4 Å². The lowest BCUT2D eigenvalue weighted by Gasteiger charge is -2.19. The number of furan rings is 1. The number of benzene rings is 3. The largest absolute Gasteiger partial charge is 0.477 e. The molecule has 1 aromatic heterocycles. The molecule has 0 aliphatic heterocycles. The van der Waals surface area contributed by atoms with Crippen LogP contribution in [0, 0.1) is 11.3 Å². The molecule has 0 spiro atoms. The number of aliphatic carboxylic acids is 1. The zero-order valence-corrected chi connectivity index (χ0v) is 16.2. The van der Waals surface area contributed by atoms with E-state index in [1.807, 2.05) is 61.6 Å². The molecular formula is C25H18N2O3. The third-order valence-corrected chi connectivity index (χ3v) is 4.89. The van der Waals surface area contributed by atoms with Crippen molar-refractivity contribution >= 4 is 34.4 Å². The van der Waals surface area contributed by atoms with Gasteiger partial charge >= 0.3 is 5.97 Å². The number of hydrogen-bond donors (Lipinski definition) is 1. The van der Waals surface area contributed by atoms with Crippen molar-refractivity contribution in [1.29, 1.82) is 5.26 Å². The van der Waals surface area contributed by atoms with Gasteiger partial charge in [-0.1, -0.05) is 30.3 Å². The van der Waals surface area contributed by atoms with E-state index in [0.29, 0.717) is 11.1 Å². The molecule has 1 N–H and O–H groups in total. The van der Waals surface area contributed by atoms with E-state index in [1.165, 1.54) is 6.08 Å². The monoisotopic (exact) mass is 394 g/mol. The summed E-state index contributed by atoms with van der Waals surface area (Å²) in [4.78, 5) is 13.1. The summed E-state index contributed by atoms with van der Waals surface area (Å²) in [6.45, 7) is 0. The standard InChI is InChI=1S/C25H18N2O3/c1-27(21-5-3-2-4-6-21)22-11-9-18(10-12-22)24-15-19-8-7-17(14-23(19)30-24)13-20(16-26)25(28)29/h2-15H,1H3,(H,28,29)/b20-13-. The zero-order valence-electron chi connectivity index (χ0n) is 16.2. The molecule has 0 saturated heterocycles. The van der Waals surface area contributed by atoms with Crippen molar-refractivity contribution in [2.45, 2.75) is 0 Å². The maximum absolute atomic E-state index is 11.0. The quantitative estimate of drug-likeness (QED) is 0.339. The van der Waals surface area contributed by atoms with Crippen LogP contribution in [0.25, 0.3) is 28.4 Å². The molecule has 0 saturated carbocycles. The number of carbonyl (C=O) groups is 1. The number of carboxylic acid groups (broad SMARTS) is 1. The number of rotatable bonds is 5. The second-order valence-corrected chi connectivity index (χ2v) is 6.82. The Balaban J connectivity index is 1.62. The second kappa shape index (κ2) is 7.98. The minimum atomic E-state index is -1.25. The maximum atomic E-state index is 11.0. The molecule has 5 heteroatoms.